The predicted octanol–water partition coefficient (Wildman–Crippen LogP) is 0.528. The molecule has 1 aliphatic heterocycles. The molecule has 2 rings (SSSR count). The number of nitriles is 1. The van der Waals surface area contributed by atoms with Gasteiger partial charge in [-0.25, -0.2) is 0 Å². The third kappa shape index (κ3) is 3.05. The number of unbranched alkanes of at least 4 members (excludes halogenated alkanes) is 1. The molecule has 0 aromatic carbocycles. The Morgan fingerprint density at radius 2 is 2.56 bits per heavy atom. The van der Waals surface area contributed by atoms with Crippen LogP contribution in [0.25, 0.3) is 0 Å². The number of carbonyl (C=O) groups excluding carboxylic acids is 1. The Hall–Kier alpha value is -1.94. The Balaban J connectivity index is 1.85. The zero-order valence-electron chi connectivity index (χ0n) is 9.98. The van der Waals surface area contributed by atoms with Crippen molar-refractivity contribution in [2.45, 2.75) is 31.7 Å². The van der Waals surface area contributed by atoms with Crippen LogP contribution >= 0.6 is 0 Å². The largest absolute Gasteiger partial charge is 0.349 e. The van der Waals surface area contributed by atoms with Crippen molar-refractivity contribution >= 4 is 5.91 Å². The van der Waals surface area contributed by atoms with Crippen molar-refractivity contribution in [3.05, 3.63) is 11.7 Å². The molecule has 2 N–H and O–H groups in total. The molecule has 0 aliphatic carbocycles. The van der Waals surface area contributed by atoms with Crippen molar-refractivity contribution in [1.82, 2.24) is 20.8 Å². The molecule has 1 unspecified atom stereocenters. The second-order valence-corrected chi connectivity index (χ2v) is 4.12. The number of hydrogen-bond acceptors (Lipinski definition) is 6. The van der Waals surface area contributed by atoms with E-state index in [1.54, 1.807) is 0 Å². The van der Waals surface area contributed by atoms with Crippen LogP contribution in [-0.4, -0.2) is 29.1 Å². The molecule has 0 radical (unpaired) electrons. The number of hydrogen-bond donors (Lipinski definition) is 2. The molecule has 18 heavy (non-hydrogen) atoms. The van der Waals surface area contributed by atoms with Gasteiger partial charge in [0.25, 0.3) is 11.7 Å². The van der Waals surface area contributed by atoms with Gasteiger partial charge in [0.05, 0.1) is 12.1 Å². The first-order valence-corrected chi connectivity index (χ1v) is 6.03. The number of rotatable bonds is 5. The molecule has 96 valence electrons. The van der Waals surface area contributed by atoms with Crippen LogP contribution in [0.4, 0.5) is 0 Å². The van der Waals surface area contributed by atoms with Crippen LogP contribution in [0.15, 0.2) is 4.52 Å². The summed E-state index contributed by atoms with van der Waals surface area (Å²) < 4.78 is 5.06. The highest BCUT2D eigenvalue weighted by molar-refractivity contribution is 5.90. The first-order valence-electron chi connectivity index (χ1n) is 6.03. The molecule has 1 aliphatic rings. The lowest BCUT2D eigenvalue weighted by molar-refractivity contribution is 0.0940. The summed E-state index contributed by atoms with van der Waals surface area (Å²) in [7, 11) is 0. The van der Waals surface area contributed by atoms with Gasteiger partial charge in [-0.05, 0) is 25.8 Å². The molecule has 1 saturated heterocycles. The molecule has 1 atom stereocenters. The van der Waals surface area contributed by atoms with Gasteiger partial charge in [-0.15, -0.1) is 0 Å². The summed E-state index contributed by atoms with van der Waals surface area (Å²) in [6.07, 6.45) is 3.06. The van der Waals surface area contributed by atoms with Crippen LogP contribution < -0.4 is 10.6 Å². The minimum absolute atomic E-state index is 0.0515. The van der Waals surface area contributed by atoms with E-state index in [9.17, 15) is 4.79 Å². The summed E-state index contributed by atoms with van der Waals surface area (Å²) in [5, 5.41) is 17.9. The van der Waals surface area contributed by atoms with Crippen molar-refractivity contribution in [1.29, 1.82) is 5.26 Å². The highest BCUT2D eigenvalue weighted by atomic mass is 16.5. The van der Waals surface area contributed by atoms with Gasteiger partial charge in [-0.3, -0.25) is 4.79 Å². The number of nitrogens with zero attached hydrogens (tertiary/aromatic N) is 3. The number of carbonyl (C=O) groups is 1. The summed E-state index contributed by atoms with van der Waals surface area (Å²) in [4.78, 5) is 15.7. The van der Waals surface area contributed by atoms with E-state index < -0.39 is 0 Å². The second kappa shape index (κ2) is 6.12. The first-order chi connectivity index (χ1) is 8.81. The molecule has 1 aromatic heterocycles. The lowest BCUT2D eigenvalue weighted by Gasteiger charge is -2.01. The lowest BCUT2D eigenvalue weighted by Crippen LogP contribution is -2.25. The van der Waals surface area contributed by atoms with E-state index in [0.29, 0.717) is 25.3 Å². The van der Waals surface area contributed by atoms with Crippen molar-refractivity contribution < 1.29 is 9.32 Å². The predicted molar refractivity (Wildman–Crippen MR) is 61.5 cm³/mol. The Labute approximate surface area is 105 Å². The van der Waals surface area contributed by atoms with Crippen LogP contribution in [0.3, 0.4) is 0 Å². The van der Waals surface area contributed by atoms with Crippen LogP contribution in [-0.2, 0) is 0 Å². The Kier molecular flexibility index (Phi) is 4.25. The number of amides is 1. The third-order valence-electron chi connectivity index (χ3n) is 2.75. The van der Waals surface area contributed by atoms with E-state index >= 15 is 0 Å². The normalized spacial score (nSPS) is 18.5. The van der Waals surface area contributed by atoms with Gasteiger partial charge < -0.3 is 15.2 Å². The minimum atomic E-state index is -0.360. The summed E-state index contributed by atoms with van der Waals surface area (Å²) in [5.74, 6) is 0.159. The van der Waals surface area contributed by atoms with Gasteiger partial charge in [-0.1, -0.05) is 5.16 Å². The molecule has 0 saturated carbocycles. The molecule has 0 spiro atoms. The molecule has 1 amide bonds. The van der Waals surface area contributed by atoms with E-state index in [-0.39, 0.29) is 17.8 Å². The average molecular weight is 249 g/mol. The first kappa shape index (κ1) is 12.5. The maximum Gasteiger partial charge on any atom is 0.292 e. The molecule has 7 nitrogen and oxygen atoms in total. The minimum Gasteiger partial charge on any atom is -0.349 e. The fraction of sp³-hybridized carbons (Fsp3) is 0.636. The molecule has 0 bridgehead atoms. The zero-order chi connectivity index (χ0) is 12.8. The van der Waals surface area contributed by atoms with Crippen molar-refractivity contribution in [2.24, 2.45) is 0 Å². The van der Waals surface area contributed by atoms with Crippen molar-refractivity contribution in [3.8, 4) is 6.07 Å². The smallest absolute Gasteiger partial charge is 0.292 e. The van der Waals surface area contributed by atoms with Crippen LogP contribution in [0.1, 0.15) is 48.2 Å². The van der Waals surface area contributed by atoms with Gasteiger partial charge in [0, 0.05) is 13.0 Å². The number of aromatic nitrogens is 2. The van der Waals surface area contributed by atoms with Gasteiger partial charge >= 0.3 is 0 Å². The van der Waals surface area contributed by atoms with Gasteiger partial charge in [0.15, 0.2) is 0 Å². The average Bonchev–Trinajstić information content (AvgIpc) is 3.03. The highest BCUT2D eigenvalue weighted by Crippen LogP contribution is 2.20. The summed E-state index contributed by atoms with van der Waals surface area (Å²) in [6, 6.07) is 2.08. The van der Waals surface area contributed by atoms with Crippen molar-refractivity contribution in [2.75, 3.05) is 13.1 Å². The molecule has 1 fully saturated rings. The van der Waals surface area contributed by atoms with Gasteiger partial charge in [-0.2, -0.15) is 10.2 Å². The fourth-order valence-corrected chi connectivity index (χ4v) is 1.81. The van der Waals surface area contributed by atoms with E-state index in [1.807, 2.05) is 6.07 Å². The summed E-state index contributed by atoms with van der Waals surface area (Å²) in [5.41, 5.74) is 0. The molecule has 2 heterocycles. The molecular weight excluding hydrogens is 234 g/mol. The van der Waals surface area contributed by atoms with Crippen LogP contribution in [0.2, 0.25) is 0 Å². The third-order valence-corrected chi connectivity index (χ3v) is 2.75. The standard InChI is InChI=1S/C11H15N5O2/c12-5-1-2-6-14-10(17)9-15-11(18-16-9)8-4-3-7-13-8/h8,13H,1-4,6-7H2,(H,14,17). The topological polar surface area (TPSA) is 104 Å². The lowest BCUT2D eigenvalue weighted by atomic mass is 10.2. The van der Waals surface area contributed by atoms with E-state index in [0.717, 1.165) is 19.4 Å². The Morgan fingerprint density at radius 3 is 3.28 bits per heavy atom. The maximum atomic E-state index is 11.6. The highest BCUT2D eigenvalue weighted by Gasteiger charge is 2.24. The zero-order valence-corrected chi connectivity index (χ0v) is 9.98. The maximum absolute atomic E-state index is 11.6. The quantitative estimate of drug-likeness (QED) is 0.737. The summed E-state index contributed by atoms with van der Waals surface area (Å²) in [6.45, 7) is 1.38. The van der Waals surface area contributed by atoms with Crippen LogP contribution in [0.5, 0.6) is 0 Å². The number of nitrogens with one attached hydrogen (secondary N) is 2. The van der Waals surface area contributed by atoms with Crippen molar-refractivity contribution in [3.63, 3.8) is 0 Å². The Morgan fingerprint density at radius 1 is 1.67 bits per heavy atom. The van der Waals surface area contributed by atoms with Gasteiger partial charge in [0.1, 0.15) is 0 Å². The van der Waals surface area contributed by atoms with Crippen LogP contribution in [0, 0.1) is 11.3 Å². The van der Waals surface area contributed by atoms with Gasteiger partial charge in [0.2, 0.25) is 5.89 Å². The SMILES string of the molecule is N#CCCCNC(=O)c1noc(C2CCCN2)n1. The fourth-order valence-electron chi connectivity index (χ4n) is 1.81. The Bertz CT molecular complexity index is 445. The second-order valence-electron chi connectivity index (χ2n) is 4.12. The van der Waals surface area contributed by atoms with E-state index in [2.05, 4.69) is 20.8 Å². The van der Waals surface area contributed by atoms with E-state index in [1.165, 1.54) is 0 Å². The molecule has 1 aromatic rings. The monoisotopic (exact) mass is 249 g/mol. The van der Waals surface area contributed by atoms with E-state index in [4.69, 9.17) is 9.78 Å². The summed E-state index contributed by atoms with van der Waals surface area (Å²) >= 11 is 0. The molecule has 7 heteroatoms. The molecular formula is C11H15N5O2.